The van der Waals surface area contributed by atoms with E-state index in [-0.39, 0.29) is 39.5 Å². The van der Waals surface area contributed by atoms with Gasteiger partial charge in [-0.15, -0.1) is 0 Å². The van der Waals surface area contributed by atoms with Crippen LogP contribution in [0.5, 0.6) is 0 Å². The molecule has 84 heavy (non-hydrogen) atoms. The third kappa shape index (κ3) is 6.97. The maximum absolute atomic E-state index is 6.83. The second kappa shape index (κ2) is 17.8. The van der Waals surface area contributed by atoms with Crippen molar-refractivity contribution in [2.75, 3.05) is 19.6 Å². The van der Waals surface area contributed by atoms with E-state index >= 15 is 0 Å². The zero-order chi connectivity index (χ0) is 57.5. The third-order valence-corrected chi connectivity index (χ3v) is 22.3. The number of benzene rings is 9. The molecule has 4 unspecified atom stereocenters. The fraction of sp³-hybridized carbons (Fsp3) is 0.308. The van der Waals surface area contributed by atoms with Crippen molar-refractivity contribution in [2.45, 2.75) is 153 Å². The second-order valence-corrected chi connectivity index (χ2v) is 28.7. The number of anilines is 10. The molecule has 1 aromatic heterocycles. The number of para-hydroxylation sites is 3. The van der Waals surface area contributed by atoms with Crippen LogP contribution in [0.2, 0.25) is 0 Å². The largest absolute Gasteiger partial charge is 0.456 e. The molecule has 0 radical (unpaired) electrons. The average molecular weight is 1100 g/mol. The number of rotatable bonds is 5. The standard InChI is InChI=1S/C78H77BN4O/c1-73(2,3)51-36-40-61(56(45-51)50-25-12-11-13-26-50)80-66-47-53(82-62-30-17-15-28-57(62)75(7)41-20-22-43-77(75,82)9)37-39-60(66)79-59-38-35-52(74(4,5)6)46-65(59)81(64-32-24-34-70-71(64)55-27-14-19-33-69(55)84-70)68-49-54(48-67(80)72(68)79)83-63-31-18-16-29-58(63)76(8)42-21-23-44-78(76,83)10/h11-19,24-40,45-49H,20-23,41-44H2,1-10H3. The Bertz CT molecular complexity index is 4370. The Morgan fingerprint density at radius 1 is 0.405 bits per heavy atom. The Morgan fingerprint density at radius 3 is 1.56 bits per heavy atom. The van der Waals surface area contributed by atoms with Gasteiger partial charge in [-0.1, -0.05) is 196 Å². The molecule has 2 saturated carbocycles. The first-order valence-electron chi connectivity index (χ1n) is 31.4. The van der Waals surface area contributed by atoms with Crippen molar-refractivity contribution in [2.24, 2.45) is 0 Å². The topological polar surface area (TPSA) is 26.1 Å². The van der Waals surface area contributed by atoms with Crippen LogP contribution in [0.15, 0.2) is 192 Å². The predicted octanol–water partition coefficient (Wildman–Crippen LogP) is 19.4. The molecule has 418 valence electrons. The van der Waals surface area contributed by atoms with Gasteiger partial charge in [0.15, 0.2) is 0 Å². The summed E-state index contributed by atoms with van der Waals surface area (Å²) in [6.07, 6.45) is 9.47. The van der Waals surface area contributed by atoms with Crippen LogP contribution < -0.4 is 36.0 Å². The maximum atomic E-state index is 6.83. The molecule has 2 aliphatic carbocycles. The minimum Gasteiger partial charge on any atom is -0.456 e. The normalized spacial score (nSPS) is 23.0. The highest BCUT2D eigenvalue weighted by Gasteiger charge is 2.60. The van der Waals surface area contributed by atoms with Crippen LogP contribution in [0.4, 0.5) is 56.9 Å². The number of nitrogens with zero attached hydrogens (tertiary/aromatic N) is 4. The van der Waals surface area contributed by atoms with Crippen LogP contribution in [0.3, 0.4) is 0 Å². The molecular weight excluding hydrogens is 1020 g/mol. The van der Waals surface area contributed by atoms with E-state index in [2.05, 4.69) is 277 Å². The van der Waals surface area contributed by atoms with Crippen molar-refractivity contribution in [3.8, 4) is 11.1 Å². The van der Waals surface area contributed by atoms with Gasteiger partial charge in [0.05, 0.1) is 27.8 Å². The minimum absolute atomic E-state index is 0.00650. The van der Waals surface area contributed by atoms with Crippen LogP contribution in [-0.2, 0) is 21.7 Å². The fourth-order valence-electron chi connectivity index (χ4n) is 17.4. The quantitative estimate of drug-likeness (QED) is 0.160. The highest BCUT2D eigenvalue weighted by atomic mass is 16.3. The highest BCUT2D eigenvalue weighted by molar-refractivity contribution is 7.00. The van der Waals surface area contributed by atoms with E-state index < -0.39 is 0 Å². The van der Waals surface area contributed by atoms with E-state index in [0.29, 0.717) is 0 Å². The molecule has 0 bridgehead atoms. The molecule has 0 N–H and O–H groups in total. The summed E-state index contributed by atoms with van der Waals surface area (Å²) < 4.78 is 6.83. The Kier molecular flexibility index (Phi) is 10.9. The Morgan fingerprint density at radius 2 is 0.905 bits per heavy atom. The smallest absolute Gasteiger partial charge is 0.252 e. The lowest BCUT2D eigenvalue weighted by Crippen LogP contribution is -2.62. The van der Waals surface area contributed by atoms with Gasteiger partial charge in [0.1, 0.15) is 11.2 Å². The molecule has 10 aromatic rings. The Labute approximate surface area is 498 Å². The van der Waals surface area contributed by atoms with Gasteiger partial charge in [-0.05, 0) is 167 Å². The van der Waals surface area contributed by atoms with Crippen LogP contribution in [-0.4, -0.2) is 17.8 Å². The van der Waals surface area contributed by atoms with Gasteiger partial charge in [0.2, 0.25) is 0 Å². The van der Waals surface area contributed by atoms with Gasteiger partial charge < -0.3 is 24.0 Å². The van der Waals surface area contributed by atoms with Crippen LogP contribution in [0.25, 0.3) is 33.1 Å². The number of hydrogen-bond acceptors (Lipinski definition) is 5. The van der Waals surface area contributed by atoms with E-state index in [9.17, 15) is 0 Å². The first kappa shape index (κ1) is 51.7. The van der Waals surface area contributed by atoms with E-state index in [1.807, 2.05) is 0 Å². The number of fused-ring (bicyclic) bond motifs is 13. The van der Waals surface area contributed by atoms with Gasteiger partial charge in [-0.25, -0.2) is 0 Å². The van der Waals surface area contributed by atoms with Gasteiger partial charge >= 0.3 is 0 Å². The highest BCUT2D eigenvalue weighted by Crippen LogP contribution is 2.64. The summed E-state index contributed by atoms with van der Waals surface area (Å²) in [5, 5.41) is 2.26. The Hall–Kier alpha value is -7.96. The first-order chi connectivity index (χ1) is 40.4. The van der Waals surface area contributed by atoms with E-state index in [1.165, 1.54) is 133 Å². The zero-order valence-corrected chi connectivity index (χ0v) is 50.8. The van der Waals surface area contributed by atoms with Gasteiger partial charge in [-0.2, -0.15) is 0 Å². The lowest BCUT2D eigenvalue weighted by molar-refractivity contribution is 0.195. The molecule has 0 saturated heterocycles. The molecule has 6 heteroatoms. The lowest BCUT2D eigenvalue weighted by atomic mass is 9.33. The van der Waals surface area contributed by atoms with Crippen molar-refractivity contribution in [3.05, 3.63) is 210 Å². The van der Waals surface area contributed by atoms with Crippen molar-refractivity contribution in [1.29, 1.82) is 0 Å². The molecule has 0 amide bonds. The maximum Gasteiger partial charge on any atom is 0.252 e. The summed E-state index contributed by atoms with van der Waals surface area (Å²) in [5.74, 6) is 0. The second-order valence-electron chi connectivity index (χ2n) is 28.7. The molecule has 6 aliphatic rings. The fourth-order valence-corrected chi connectivity index (χ4v) is 17.4. The monoisotopic (exact) mass is 1100 g/mol. The molecule has 2 fully saturated rings. The SMILES string of the molecule is CC(C)(C)c1ccc(N2c3cc(N4c5ccccc5C5(C)CCCCC45C)ccc3B3c4ccc(C(C)(C)C)cc4N(c4cccc5oc6ccccc6c45)c4cc(N5c6ccccc6C6(C)CCCCC56C)cc2c43)c(-c2ccccc2)c1. The van der Waals surface area contributed by atoms with Crippen molar-refractivity contribution in [3.63, 3.8) is 0 Å². The first-order valence-corrected chi connectivity index (χ1v) is 31.4. The summed E-state index contributed by atoms with van der Waals surface area (Å²) in [7, 11) is 0. The molecule has 4 aliphatic heterocycles. The molecular formula is C78H77BN4O. The molecule has 4 atom stereocenters. The van der Waals surface area contributed by atoms with Crippen molar-refractivity contribution < 1.29 is 4.42 Å². The molecule has 0 spiro atoms. The molecule has 5 nitrogen and oxygen atoms in total. The van der Waals surface area contributed by atoms with Crippen molar-refractivity contribution >= 4 is 102 Å². The average Bonchev–Trinajstić information content (AvgIpc) is 1.33. The number of furan rings is 1. The van der Waals surface area contributed by atoms with Gasteiger partial charge in [0, 0.05) is 67.3 Å². The predicted molar refractivity (Wildman–Crippen MR) is 356 cm³/mol. The van der Waals surface area contributed by atoms with Crippen LogP contribution >= 0.6 is 0 Å². The molecule has 9 aromatic carbocycles. The van der Waals surface area contributed by atoms with E-state index in [0.717, 1.165) is 46.9 Å². The Balaban J connectivity index is 1.06. The summed E-state index contributed by atoms with van der Waals surface area (Å²) in [4.78, 5) is 11.0. The zero-order valence-electron chi connectivity index (χ0n) is 50.8. The summed E-state index contributed by atoms with van der Waals surface area (Å²) in [6.45, 7) is 24.4. The van der Waals surface area contributed by atoms with Crippen LogP contribution in [0, 0.1) is 0 Å². The lowest BCUT2D eigenvalue weighted by Gasteiger charge is -2.51. The summed E-state index contributed by atoms with van der Waals surface area (Å²) in [6, 6.07) is 73.2. The third-order valence-electron chi connectivity index (χ3n) is 22.3. The van der Waals surface area contributed by atoms with Gasteiger partial charge in [0.25, 0.3) is 6.71 Å². The van der Waals surface area contributed by atoms with Gasteiger partial charge in [-0.3, -0.25) is 0 Å². The summed E-state index contributed by atoms with van der Waals surface area (Å²) >= 11 is 0. The number of hydrogen-bond donors (Lipinski definition) is 0. The van der Waals surface area contributed by atoms with Crippen LogP contribution in [0.1, 0.15) is 143 Å². The van der Waals surface area contributed by atoms with Crippen molar-refractivity contribution in [1.82, 2.24) is 0 Å². The summed E-state index contributed by atoms with van der Waals surface area (Å²) in [5.41, 5.74) is 25.6. The molecule has 5 heterocycles. The van der Waals surface area contributed by atoms with E-state index in [4.69, 9.17) is 4.42 Å². The van der Waals surface area contributed by atoms with E-state index in [1.54, 1.807) is 0 Å². The molecule has 16 rings (SSSR count). The minimum atomic E-state index is -0.188.